The summed E-state index contributed by atoms with van der Waals surface area (Å²) < 4.78 is 41.0. The van der Waals surface area contributed by atoms with Crippen molar-refractivity contribution in [3.05, 3.63) is 0 Å². The smallest absolute Gasteiger partial charge is 0.320 e. The average Bonchev–Trinajstić information content (AvgIpc) is 2.89. The first-order valence-corrected chi connectivity index (χ1v) is 12.4. The van der Waals surface area contributed by atoms with Gasteiger partial charge in [-0.1, -0.05) is 6.92 Å². The molecule has 2 aliphatic heterocycles. The predicted molar refractivity (Wildman–Crippen MR) is 104 cm³/mol. The molecule has 0 aromatic rings. The van der Waals surface area contributed by atoms with Crippen molar-refractivity contribution in [3.63, 3.8) is 0 Å². The number of carbonyl (C=O) groups is 2. The van der Waals surface area contributed by atoms with Crippen LogP contribution in [0.3, 0.4) is 0 Å². The summed E-state index contributed by atoms with van der Waals surface area (Å²) in [4.78, 5) is 27.1. The lowest BCUT2D eigenvalue weighted by atomic mass is 9.84. The number of rotatable bonds is 6. The fourth-order valence-corrected chi connectivity index (χ4v) is 6.42. The van der Waals surface area contributed by atoms with Gasteiger partial charge in [-0.3, -0.25) is 18.7 Å². The van der Waals surface area contributed by atoms with Crippen molar-refractivity contribution in [2.45, 2.75) is 63.1 Å². The van der Waals surface area contributed by atoms with E-state index in [0.717, 1.165) is 24.6 Å². The summed E-state index contributed by atoms with van der Waals surface area (Å²) >= 11 is 1.85. The molecule has 3 rings (SSSR count). The first kappa shape index (κ1) is 21.9. The Morgan fingerprint density at radius 3 is 2.54 bits per heavy atom. The van der Waals surface area contributed by atoms with Crippen LogP contribution >= 0.6 is 11.8 Å². The molecule has 0 N–H and O–H groups in total. The second kappa shape index (κ2) is 8.49. The number of carbonyl (C=O) groups excluding carboxylic acids is 2. The molecule has 3 fully saturated rings. The van der Waals surface area contributed by atoms with E-state index in [1.165, 1.54) is 0 Å². The molecule has 8 nitrogen and oxygen atoms in total. The van der Waals surface area contributed by atoms with E-state index in [1.807, 2.05) is 23.6 Å². The molecule has 0 spiro atoms. The molecule has 4 atom stereocenters. The zero-order chi connectivity index (χ0) is 20.5. The van der Waals surface area contributed by atoms with Gasteiger partial charge in [0.2, 0.25) is 0 Å². The summed E-state index contributed by atoms with van der Waals surface area (Å²) in [5, 5.41) is -0.938. The van der Waals surface area contributed by atoms with Crippen molar-refractivity contribution in [3.8, 4) is 0 Å². The van der Waals surface area contributed by atoms with Crippen LogP contribution in [0.4, 0.5) is 0 Å². The molecule has 2 saturated heterocycles. The Labute approximate surface area is 170 Å². The molecule has 28 heavy (non-hydrogen) atoms. The molecule has 1 aliphatic carbocycles. The molecule has 0 amide bonds. The Hall–Kier alpha value is -0.840. The van der Waals surface area contributed by atoms with Crippen LogP contribution in [0.25, 0.3) is 0 Å². The maximum Gasteiger partial charge on any atom is 0.320 e. The maximum atomic E-state index is 12.7. The van der Waals surface area contributed by atoms with Gasteiger partial charge >= 0.3 is 11.9 Å². The Balaban J connectivity index is 1.67. The van der Waals surface area contributed by atoms with E-state index in [1.54, 1.807) is 13.8 Å². The summed E-state index contributed by atoms with van der Waals surface area (Å²) in [7, 11) is -3.88. The average molecular weight is 436 g/mol. The predicted octanol–water partition coefficient (Wildman–Crippen LogP) is 1.19. The van der Waals surface area contributed by atoms with Gasteiger partial charge in [0.1, 0.15) is 23.1 Å². The van der Waals surface area contributed by atoms with Gasteiger partial charge in [0.15, 0.2) is 0 Å². The quantitative estimate of drug-likeness (QED) is 0.450. The molecule has 1 saturated carbocycles. The lowest BCUT2D eigenvalue weighted by Gasteiger charge is -2.33. The van der Waals surface area contributed by atoms with E-state index >= 15 is 0 Å². The summed E-state index contributed by atoms with van der Waals surface area (Å²) in [5.74, 6) is 0.0778. The molecule has 3 aliphatic rings. The molecule has 0 aromatic carbocycles. The molecule has 2 bridgehead atoms. The van der Waals surface area contributed by atoms with Crippen LogP contribution in [0.2, 0.25) is 0 Å². The summed E-state index contributed by atoms with van der Waals surface area (Å²) in [6, 6.07) is 0. The topological polar surface area (TPSA) is 99.2 Å². The summed E-state index contributed by atoms with van der Waals surface area (Å²) in [6.07, 6.45) is -0.627. The standard InChI is InChI=1S/C18H29NO7S2/c1-4-18(2,3)25-17(21)12-9-13(14-10-15(12)28(22,23)26-14)24-16(20)11-19-5-7-27-8-6-19/h12-15H,4-11H2,1-3H3. The van der Waals surface area contributed by atoms with Crippen molar-refractivity contribution < 1.29 is 31.7 Å². The highest BCUT2D eigenvalue weighted by Gasteiger charge is 2.56. The first-order valence-electron chi connectivity index (χ1n) is 9.76. The molecule has 0 radical (unpaired) electrons. The van der Waals surface area contributed by atoms with E-state index < -0.39 is 51.0 Å². The molecule has 0 aromatic heterocycles. The van der Waals surface area contributed by atoms with Gasteiger partial charge in [-0.15, -0.1) is 0 Å². The highest BCUT2D eigenvalue weighted by molar-refractivity contribution is 7.99. The van der Waals surface area contributed by atoms with Gasteiger partial charge < -0.3 is 9.47 Å². The van der Waals surface area contributed by atoms with Crippen LogP contribution in [0, 0.1) is 5.92 Å². The Bertz CT molecular complexity index is 703. The first-order chi connectivity index (χ1) is 13.1. The lowest BCUT2D eigenvalue weighted by Crippen LogP contribution is -2.46. The van der Waals surface area contributed by atoms with E-state index in [-0.39, 0.29) is 19.4 Å². The largest absolute Gasteiger partial charge is 0.459 e. The number of esters is 2. The fourth-order valence-electron chi connectivity index (χ4n) is 3.70. The van der Waals surface area contributed by atoms with Gasteiger partial charge in [0.25, 0.3) is 10.1 Å². The molecular formula is C18H29NO7S2. The van der Waals surface area contributed by atoms with E-state index in [0.29, 0.717) is 6.42 Å². The van der Waals surface area contributed by atoms with Gasteiger partial charge in [0.05, 0.1) is 12.5 Å². The van der Waals surface area contributed by atoms with Crippen molar-refractivity contribution in [2.75, 3.05) is 31.1 Å². The number of nitrogens with zero attached hydrogens (tertiary/aromatic N) is 1. The number of hydrogen-bond acceptors (Lipinski definition) is 9. The number of fused-ring (bicyclic) bond motifs is 2. The molecule has 2 heterocycles. The van der Waals surface area contributed by atoms with Crippen LogP contribution in [-0.4, -0.2) is 79.5 Å². The third-order valence-corrected chi connectivity index (χ3v) is 8.43. The Morgan fingerprint density at radius 1 is 1.21 bits per heavy atom. The highest BCUT2D eigenvalue weighted by atomic mass is 32.2. The normalized spacial score (nSPS) is 32.7. The molecule has 4 unspecified atom stereocenters. The summed E-state index contributed by atoms with van der Waals surface area (Å²) in [6.45, 7) is 7.26. The Kier molecular flexibility index (Phi) is 6.63. The maximum absolute atomic E-state index is 12.7. The second-order valence-electron chi connectivity index (χ2n) is 8.20. The summed E-state index contributed by atoms with van der Waals surface area (Å²) in [5.41, 5.74) is -0.685. The zero-order valence-corrected chi connectivity index (χ0v) is 18.2. The van der Waals surface area contributed by atoms with Crippen LogP contribution in [-0.2, 0) is 33.4 Å². The van der Waals surface area contributed by atoms with Crippen molar-refractivity contribution in [1.29, 1.82) is 0 Å². The van der Waals surface area contributed by atoms with Crippen LogP contribution < -0.4 is 0 Å². The molecule has 160 valence electrons. The number of hydrogen-bond donors (Lipinski definition) is 0. The fraction of sp³-hybridized carbons (Fsp3) is 0.889. The third kappa shape index (κ3) is 5.01. The van der Waals surface area contributed by atoms with Gasteiger partial charge in [-0.25, -0.2) is 0 Å². The number of thioether (sulfide) groups is 1. The number of ether oxygens (including phenoxy) is 2. The lowest BCUT2D eigenvalue weighted by molar-refractivity contribution is -0.169. The zero-order valence-electron chi connectivity index (χ0n) is 16.6. The van der Waals surface area contributed by atoms with E-state index in [2.05, 4.69) is 0 Å². The minimum atomic E-state index is -3.88. The monoisotopic (exact) mass is 435 g/mol. The third-order valence-electron chi connectivity index (χ3n) is 5.71. The van der Waals surface area contributed by atoms with Crippen molar-refractivity contribution in [1.82, 2.24) is 4.90 Å². The van der Waals surface area contributed by atoms with Crippen LogP contribution in [0.15, 0.2) is 0 Å². The van der Waals surface area contributed by atoms with Crippen molar-refractivity contribution >= 4 is 33.8 Å². The molecular weight excluding hydrogens is 406 g/mol. The van der Waals surface area contributed by atoms with Gasteiger partial charge in [0, 0.05) is 31.0 Å². The van der Waals surface area contributed by atoms with Crippen LogP contribution in [0.1, 0.15) is 40.0 Å². The van der Waals surface area contributed by atoms with E-state index in [4.69, 9.17) is 13.7 Å². The minimum absolute atomic E-state index is 0.106. The Morgan fingerprint density at radius 2 is 1.89 bits per heavy atom. The minimum Gasteiger partial charge on any atom is -0.459 e. The molecule has 10 heteroatoms. The van der Waals surface area contributed by atoms with Gasteiger partial charge in [-0.05, 0) is 26.7 Å². The van der Waals surface area contributed by atoms with Gasteiger partial charge in [-0.2, -0.15) is 20.2 Å². The SMILES string of the molecule is CCC(C)(C)OC(=O)C1CC(OC(=O)CN2CCSCC2)C2CC1S(=O)(=O)O2. The van der Waals surface area contributed by atoms with Crippen LogP contribution in [0.5, 0.6) is 0 Å². The van der Waals surface area contributed by atoms with E-state index in [9.17, 15) is 18.0 Å². The highest BCUT2D eigenvalue weighted by Crippen LogP contribution is 2.42. The van der Waals surface area contributed by atoms with Crippen molar-refractivity contribution in [2.24, 2.45) is 5.92 Å². The second-order valence-corrected chi connectivity index (χ2v) is 11.2.